The summed E-state index contributed by atoms with van der Waals surface area (Å²) in [4.78, 5) is 12.7. The maximum Gasteiger partial charge on any atom is 0.272 e. The highest BCUT2D eigenvalue weighted by Crippen LogP contribution is 2.34. The van der Waals surface area contributed by atoms with Gasteiger partial charge < -0.3 is 5.73 Å². The van der Waals surface area contributed by atoms with Crippen LogP contribution in [0.5, 0.6) is 0 Å². The molecule has 0 aliphatic heterocycles. The van der Waals surface area contributed by atoms with Crippen molar-refractivity contribution < 1.29 is 4.39 Å². The fraction of sp³-hybridized carbons (Fsp3) is 0.192. The molecule has 0 aliphatic rings. The third-order valence-corrected chi connectivity index (χ3v) is 6.98. The zero-order valence-electron chi connectivity index (χ0n) is 19.8. The van der Waals surface area contributed by atoms with E-state index in [-0.39, 0.29) is 11.4 Å². The first-order valence-electron chi connectivity index (χ1n) is 11.3. The van der Waals surface area contributed by atoms with E-state index in [1.165, 1.54) is 6.07 Å². The molecule has 0 bridgehead atoms. The Hall–Kier alpha value is -4.40. The number of nitrogens with one attached hydrogen (secondary N) is 1. The molecule has 9 heteroatoms. The lowest BCUT2D eigenvalue weighted by Crippen LogP contribution is -2.09. The van der Waals surface area contributed by atoms with Gasteiger partial charge in [0, 0.05) is 12.4 Å². The summed E-state index contributed by atoms with van der Waals surface area (Å²) in [5.74, 6) is 0.104. The molecule has 0 saturated heterocycles. The number of rotatable bonds is 3. The average Bonchev–Trinajstić information content (AvgIpc) is 3.47. The van der Waals surface area contributed by atoms with Crippen molar-refractivity contribution in [3.05, 3.63) is 81.0 Å². The first-order chi connectivity index (χ1) is 16.8. The minimum Gasteiger partial charge on any atom is -0.382 e. The van der Waals surface area contributed by atoms with Gasteiger partial charge in [0.2, 0.25) is 0 Å². The summed E-state index contributed by atoms with van der Waals surface area (Å²) in [7, 11) is 1.82. The quantitative estimate of drug-likeness (QED) is 0.405. The lowest BCUT2D eigenvalue weighted by atomic mass is 10.0. The smallest absolute Gasteiger partial charge is 0.272 e. The predicted molar refractivity (Wildman–Crippen MR) is 136 cm³/mol. The number of benzene rings is 3. The molecular formula is C26H24FN7O. The largest absolute Gasteiger partial charge is 0.382 e. The second kappa shape index (κ2) is 7.30. The molecule has 3 aromatic heterocycles. The van der Waals surface area contributed by atoms with Gasteiger partial charge in [-0.25, -0.2) is 9.07 Å². The standard InChI is InChI=1S/C26H24FN7O/c1-13-5-8-20-22(26(35)31-32(20)4)17(13)12-33-21-9-6-14(2)24(23(21)25(28)30-33)34-19-10-7-18(27)15(3)16(19)11-29-34/h5-11H,12H2,1-4H3,(H2,28,30)(H,31,35). The number of aryl methyl sites for hydroxylation is 4. The van der Waals surface area contributed by atoms with Crippen molar-refractivity contribution in [2.45, 2.75) is 27.3 Å². The Balaban J connectivity index is 1.59. The molecule has 0 spiro atoms. The van der Waals surface area contributed by atoms with Gasteiger partial charge in [-0.15, -0.1) is 0 Å². The molecule has 0 amide bonds. The number of anilines is 1. The molecular weight excluding hydrogens is 445 g/mol. The normalized spacial score (nSPS) is 11.9. The van der Waals surface area contributed by atoms with E-state index in [9.17, 15) is 9.18 Å². The second-order valence-electron chi connectivity index (χ2n) is 9.08. The van der Waals surface area contributed by atoms with Crippen LogP contribution in [-0.4, -0.2) is 29.3 Å². The number of halogens is 1. The molecule has 6 aromatic rings. The van der Waals surface area contributed by atoms with Crippen molar-refractivity contribution in [1.82, 2.24) is 29.3 Å². The summed E-state index contributed by atoms with van der Waals surface area (Å²) in [6, 6.07) is 11.1. The van der Waals surface area contributed by atoms with Crippen LogP contribution in [-0.2, 0) is 13.6 Å². The number of aromatic nitrogens is 6. The Morgan fingerprint density at radius 3 is 2.49 bits per heavy atom. The first kappa shape index (κ1) is 21.2. The van der Waals surface area contributed by atoms with E-state index in [0.717, 1.165) is 49.7 Å². The van der Waals surface area contributed by atoms with Crippen LogP contribution in [0, 0.1) is 26.6 Å². The SMILES string of the molecule is Cc1ccc2c(c(N)nn2Cc2c(C)ccc3c2c(=O)[nH]n3C)c1-n1ncc2c(C)c(F)ccc21. The van der Waals surface area contributed by atoms with E-state index in [0.29, 0.717) is 23.3 Å². The third kappa shape index (κ3) is 2.94. The summed E-state index contributed by atoms with van der Waals surface area (Å²) in [6.45, 7) is 6.11. The van der Waals surface area contributed by atoms with Gasteiger partial charge in [0.25, 0.3) is 5.56 Å². The molecule has 0 radical (unpaired) electrons. The van der Waals surface area contributed by atoms with Crippen LogP contribution in [0.3, 0.4) is 0 Å². The zero-order valence-corrected chi connectivity index (χ0v) is 19.8. The van der Waals surface area contributed by atoms with Crippen LogP contribution in [0.1, 0.15) is 22.3 Å². The lowest BCUT2D eigenvalue weighted by molar-refractivity contribution is 0.621. The number of nitrogens with zero attached hydrogens (tertiary/aromatic N) is 5. The maximum atomic E-state index is 14.1. The fourth-order valence-corrected chi connectivity index (χ4v) is 5.07. The van der Waals surface area contributed by atoms with Crippen LogP contribution in [0.15, 0.2) is 47.4 Å². The van der Waals surface area contributed by atoms with Gasteiger partial charge in [-0.2, -0.15) is 10.2 Å². The number of aromatic amines is 1. The molecule has 3 aromatic carbocycles. The highest BCUT2D eigenvalue weighted by atomic mass is 19.1. The van der Waals surface area contributed by atoms with Gasteiger partial charge >= 0.3 is 0 Å². The summed E-state index contributed by atoms with van der Waals surface area (Å²) >= 11 is 0. The van der Waals surface area contributed by atoms with Crippen LogP contribution in [0.4, 0.5) is 10.2 Å². The van der Waals surface area contributed by atoms with E-state index < -0.39 is 0 Å². The van der Waals surface area contributed by atoms with Crippen LogP contribution >= 0.6 is 0 Å². The van der Waals surface area contributed by atoms with E-state index in [1.54, 1.807) is 28.6 Å². The van der Waals surface area contributed by atoms with E-state index in [1.807, 2.05) is 49.8 Å². The van der Waals surface area contributed by atoms with E-state index in [4.69, 9.17) is 5.73 Å². The predicted octanol–water partition coefficient (Wildman–Crippen LogP) is 4.25. The van der Waals surface area contributed by atoms with Crippen molar-refractivity contribution >= 4 is 38.5 Å². The molecule has 0 unspecified atom stereocenters. The number of nitrogens with two attached hydrogens (primary N) is 1. The van der Waals surface area contributed by atoms with Gasteiger partial charge in [0.15, 0.2) is 5.82 Å². The number of hydrogen-bond donors (Lipinski definition) is 2. The molecule has 0 atom stereocenters. The first-order valence-corrected chi connectivity index (χ1v) is 11.3. The molecule has 6 rings (SSSR count). The van der Waals surface area contributed by atoms with Crippen molar-refractivity contribution in [3.8, 4) is 5.69 Å². The van der Waals surface area contributed by atoms with Gasteiger partial charge in [-0.05, 0) is 67.3 Å². The monoisotopic (exact) mass is 469 g/mol. The van der Waals surface area contributed by atoms with E-state index >= 15 is 0 Å². The van der Waals surface area contributed by atoms with Crippen molar-refractivity contribution in [1.29, 1.82) is 0 Å². The highest BCUT2D eigenvalue weighted by molar-refractivity contribution is 5.99. The molecule has 3 heterocycles. The molecule has 0 fully saturated rings. The Bertz CT molecular complexity index is 1870. The Morgan fingerprint density at radius 2 is 1.69 bits per heavy atom. The van der Waals surface area contributed by atoms with Crippen LogP contribution in [0.2, 0.25) is 0 Å². The summed E-state index contributed by atoms with van der Waals surface area (Å²) in [5.41, 5.74) is 13.0. The van der Waals surface area contributed by atoms with Gasteiger partial charge in [-0.1, -0.05) is 12.1 Å². The number of H-pyrrole nitrogens is 1. The summed E-state index contributed by atoms with van der Waals surface area (Å²) in [6.07, 6.45) is 1.68. The van der Waals surface area contributed by atoms with Crippen molar-refractivity contribution in [3.63, 3.8) is 0 Å². The van der Waals surface area contributed by atoms with Crippen molar-refractivity contribution in [2.75, 3.05) is 5.73 Å². The number of hydrogen-bond acceptors (Lipinski definition) is 4. The lowest BCUT2D eigenvalue weighted by Gasteiger charge is -2.12. The molecule has 8 nitrogen and oxygen atoms in total. The topological polar surface area (TPSA) is 99.5 Å². The Morgan fingerprint density at radius 1 is 0.971 bits per heavy atom. The highest BCUT2D eigenvalue weighted by Gasteiger charge is 2.21. The van der Waals surface area contributed by atoms with Gasteiger partial charge in [0.1, 0.15) is 5.82 Å². The maximum absolute atomic E-state index is 14.1. The molecule has 35 heavy (non-hydrogen) atoms. The molecule has 3 N–H and O–H groups in total. The summed E-state index contributed by atoms with van der Waals surface area (Å²) < 4.78 is 19.5. The van der Waals surface area contributed by atoms with Gasteiger partial charge in [-0.3, -0.25) is 19.3 Å². The van der Waals surface area contributed by atoms with Crippen molar-refractivity contribution in [2.24, 2.45) is 7.05 Å². The minimum atomic E-state index is -0.264. The molecule has 0 aliphatic carbocycles. The number of fused-ring (bicyclic) bond motifs is 3. The van der Waals surface area contributed by atoms with E-state index in [2.05, 4.69) is 15.3 Å². The fourth-order valence-electron chi connectivity index (χ4n) is 5.07. The Labute approximate surface area is 199 Å². The van der Waals surface area contributed by atoms with Crippen LogP contribution < -0.4 is 11.3 Å². The molecule has 0 saturated carbocycles. The zero-order chi connectivity index (χ0) is 24.6. The van der Waals surface area contributed by atoms with Gasteiger partial charge in [0.05, 0.1) is 45.8 Å². The summed E-state index contributed by atoms with van der Waals surface area (Å²) in [5, 5.41) is 14.3. The number of nitrogen functional groups attached to an aromatic ring is 1. The second-order valence-corrected chi connectivity index (χ2v) is 9.08. The average molecular weight is 470 g/mol. The van der Waals surface area contributed by atoms with Crippen LogP contribution in [0.25, 0.3) is 38.4 Å². The third-order valence-electron chi connectivity index (χ3n) is 6.98. The minimum absolute atomic E-state index is 0.132. The Kier molecular flexibility index (Phi) is 4.41. The molecule has 176 valence electrons.